The number of nitrogens with one attached hydrogen (secondary N) is 1. The molecular weight excluding hydrogens is 304 g/mol. The smallest absolute Gasteiger partial charge is 0.246 e. The van der Waals surface area contributed by atoms with Crippen molar-refractivity contribution in [2.75, 3.05) is 19.8 Å². The Bertz CT molecular complexity index is 551. The first-order valence-corrected chi connectivity index (χ1v) is 7.71. The van der Waals surface area contributed by atoms with Crippen LogP contribution in [-0.2, 0) is 14.3 Å². The van der Waals surface area contributed by atoms with Crippen LogP contribution >= 0.6 is 0 Å². The van der Waals surface area contributed by atoms with Crippen LogP contribution in [0.15, 0.2) is 18.2 Å². The first kappa shape index (κ1) is 17.8. The van der Waals surface area contributed by atoms with Crippen molar-refractivity contribution < 1.29 is 23.0 Å². The average Bonchev–Trinajstić information content (AvgIpc) is 2.95. The number of benzene rings is 1. The molecule has 0 aromatic heterocycles. The highest BCUT2D eigenvalue weighted by Gasteiger charge is 2.30. The standard InChI is InChI=1S/C17H23F2NO3/c1-17(2,3)16(13-5-4-11(18)8-14(13)19)20-15(21)10-23-12-6-7-22-9-12/h4-5,8,12,16H,6-7,9-10H2,1-3H3,(H,20,21)/t12-,16+/m0/s1. The Balaban J connectivity index is 2.05. The van der Waals surface area contributed by atoms with Gasteiger partial charge in [0, 0.05) is 18.2 Å². The fourth-order valence-corrected chi connectivity index (χ4v) is 2.54. The van der Waals surface area contributed by atoms with E-state index in [0.29, 0.717) is 13.2 Å². The molecule has 2 atom stereocenters. The van der Waals surface area contributed by atoms with Crippen LogP contribution < -0.4 is 5.32 Å². The predicted molar refractivity (Wildman–Crippen MR) is 81.9 cm³/mol. The van der Waals surface area contributed by atoms with Crippen LogP contribution in [0.4, 0.5) is 8.78 Å². The third kappa shape index (κ3) is 4.97. The fraction of sp³-hybridized carbons (Fsp3) is 0.588. The van der Waals surface area contributed by atoms with Crippen molar-refractivity contribution in [3.8, 4) is 0 Å². The maximum atomic E-state index is 14.1. The van der Waals surface area contributed by atoms with Crippen molar-refractivity contribution in [2.45, 2.75) is 39.3 Å². The summed E-state index contributed by atoms with van der Waals surface area (Å²) in [6.07, 6.45) is 0.694. The molecule has 1 fully saturated rings. The molecule has 1 N–H and O–H groups in total. The highest BCUT2D eigenvalue weighted by Crippen LogP contribution is 2.34. The van der Waals surface area contributed by atoms with Crippen LogP contribution in [0.2, 0.25) is 0 Å². The molecule has 0 unspecified atom stereocenters. The van der Waals surface area contributed by atoms with Crippen molar-refractivity contribution in [1.29, 1.82) is 0 Å². The van der Waals surface area contributed by atoms with Gasteiger partial charge in [0.15, 0.2) is 0 Å². The predicted octanol–water partition coefficient (Wildman–Crippen LogP) is 2.97. The molecule has 0 spiro atoms. The maximum Gasteiger partial charge on any atom is 0.246 e. The minimum absolute atomic E-state index is 0.0728. The monoisotopic (exact) mass is 327 g/mol. The van der Waals surface area contributed by atoms with Gasteiger partial charge in [0.05, 0.1) is 18.8 Å². The van der Waals surface area contributed by atoms with Gasteiger partial charge in [-0.3, -0.25) is 4.79 Å². The van der Waals surface area contributed by atoms with E-state index < -0.39 is 23.1 Å². The Morgan fingerprint density at radius 2 is 2.17 bits per heavy atom. The summed E-state index contributed by atoms with van der Waals surface area (Å²) in [5, 5.41) is 2.79. The summed E-state index contributed by atoms with van der Waals surface area (Å²) >= 11 is 0. The molecule has 1 saturated heterocycles. The van der Waals surface area contributed by atoms with Crippen molar-refractivity contribution in [3.05, 3.63) is 35.4 Å². The Kier molecular flexibility index (Phi) is 5.70. The van der Waals surface area contributed by atoms with Gasteiger partial charge in [-0.05, 0) is 17.9 Å². The summed E-state index contributed by atoms with van der Waals surface area (Å²) in [5.74, 6) is -1.65. The van der Waals surface area contributed by atoms with Crippen LogP contribution in [0.3, 0.4) is 0 Å². The molecule has 2 rings (SSSR count). The molecule has 1 aliphatic rings. The first-order valence-electron chi connectivity index (χ1n) is 7.71. The summed E-state index contributed by atoms with van der Waals surface area (Å²) in [4.78, 5) is 12.1. The van der Waals surface area contributed by atoms with Crippen molar-refractivity contribution in [2.24, 2.45) is 5.41 Å². The van der Waals surface area contributed by atoms with E-state index in [4.69, 9.17) is 9.47 Å². The molecule has 0 bridgehead atoms. The van der Waals surface area contributed by atoms with E-state index in [-0.39, 0.29) is 24.2 Å². The van der Waals surface area contributed by atoms with Gasteiger partial charge in [-0.15, -0.1) is 0 Å². The number of halogens is 2. The quantitative estimate of drug-likeness (QED) is 0.904. The number of carbonyl (C=O) groups is 1. The number of rotatable bonds is 5. The van der Waals surface area contributed by atoms with E-state index in [9.17, 15) is 13.6 Å². The van der Waals surface area contributed by atoms with Crippen LogP contribution in [0.1, 0.15) is 38.8 Å². The molecule has 0 radical (unpaired) electrons. The van der Waals surface area contributed by atoms with Gasteiger partial charge in [-0.1, -0.05) is 26.8 Å². The Morgan fingerprint density at radius 1 is 1.43 bits per heavy atom. The van der Waals surface area contributed by atoms with Crippen LogP contribution in [0, 0.1) is 17.0 Å². The van der Waals surface area contributed by atoms with Crippen molar-refractivity contribution in [1.82, 2.24) is 5.32 Å². The minimum Gasteiger partial charge on any atom is -0.379 e. The molecular formula is C17H23F2NO3. The molecule has 1 aliphatic heterocycles. The van der Waals surface area contributed by atoms with E-state index in [1.54, 1.807) is 0 Å². The molecule has 6 heteroatoms. The van der Waals surface area contributed by atoms with E-state index in [0.717, 1.165) is 12.5 Å². The lowest BCUT2D eigenvalue weighted by molar-refractivity contribution is -0.129. The van der Waals surface area contributed by atoms with Crippen LogP contribution in [-0.4, -0.2) is 31.8 Å². The first-order chi connectivity index (χ1) is 10.8. The van der Waals surface area contributed by atoms with Gasteiger partial charge in [-0.2, -0.15) is 0 Å². The van der Waals surface area contributed by atoms with Crippen molar-refractivity contribution >= 4 is 5.91 Å². The summed E-state index contributed by atoms with van der Waals surface area (Å²) in [6.45, 7) is 6.66. The summed E-state index contributed by atoms with van der Waals surface area (Å²) in [6, 6.07) is 2.80. The van der Waals surface area contributed by atoms with Gasteiger partial charge >= 0.3 is 0 Å². The molecule has 0 aliphatic carbocycles. The lowest BCUT2D eigenvalue weighted by Gasteiger charge is -2.32. The summed E-state index contributed by atoms with van der Waals surface area (Å²) < 4.78 is 37.8. The molecule has 1 aromatic carbocycles. The summed E-state index contributed by atoms with van der Waals surface area (Å²) in [7, 11) is 0. The highest BCUT2D eigenvalue weighted by atomic mass is 19.1. The van der Waals surface area contributed by atoms with Crippen LogP contribution in [0.5, 0.6) is 0 Å². The minimum atomic E-state index is -0.671. The normalized spacial score (nSPS) is 19.6. The number of amides is 1. The Labute approximate surface area is 135 Å². The second-order valence-corrected chi connectivity index (χ2v) is 6.83. The third-order valence-corrected chi connectivity index (χ3v) is 3.78. The van der Waals surface area contributed by atoms with Gasteiger partial charge in [-0.25, -0.2) is 8.78 Å². The number of hydrogen-bond donors (Lipinski definition) is 1. The third-order valence-electron chi connectivity index (χ3n) is 3.78. The Morgan fingerprint density at radius 3 is 2.74 bits per heavy atom. The molecule has 0 saturated carbocycles. The van der Waals surface area contributed by atoms with E-state index in [2.05, 4.69) is 5.32 Å². The second-order valence-electron chi connectivity index (χ2n) is 6.83. The fourth-order valence-electron chi connectivity index (χ4n) is 2.54. The topological polar surface area (TPSA) is 47.6 Å². The van der Waals surface area contributed by atoms with Gasteiger partial charge < -0.3 is 14.8 Å². The largest absolute Gasteiger partial charge is 0.379 e. The molecule has 23 heavy (non-hydrogen) atoms. The van der Waals surface area contributed by atoms with Crippen LogP contribution in [0.25, 0.3) is 0 Å². The van der Waals surface area contributed by atoms with Gasteiger partial charge in [0.2, 0.25) is 5.91 Å². The van der Waals surface area contributed by atoms with Gasteiger partial charge in [0.1, 0.15) is 18.2 Å². The maximum absolute atomic E-state index is 14.1. The number of ether oxygens (including phenoxy) is 2. The van der Waals surface area contributed by atoms with Crippen molar-refractivity contribution in [3.63, 3.8) is 0 Å². The average molecular weight is 327 g/mol. The SMILES string of the molecule is CC(C)(C)[C@H](NC(=O)CO[C@H]1CCOC1)c1ccc(F)cc1F. The zero-order chi connectivity index (χ0) is 17.0. The zero-order valence-corrected chi connectivity index (χ0v) is 13.7. The molecule has 1 amide bonds. The lowest BCUT2D eigenvalue weighted by atomic mass is 9.82. The van der Waals surface area contributed by atoms with Gasteiger partial charge in [0.25, 0.3) is 0 Å². The van der Waals surface area contributed by atoms with E-state index in [1.807, 2.05) is 20.8 Å². The zero-order valence-electron chi connectivity index (χ0n) is 13.7. The number of hydrogen-bond acceptors (Lipinski definition) is 3. The summed E-state index contributed by atoms with van der Waals surface area (Å²) in [5.41, 5.74) is -0.179. The highest BCUT2D eigenvalue weighted by molar-refractivity contribution is 5.77. The Hall–Kier alpha value is -1.53. The van der Waals surface area contributed by atoms with E-state index >= 15 is 0 Å². The lowest BCUT2D eigenvalue weighted by Crippen LogP contribution is -2.39. The molecule has 1 aromatic rings. The number of carbonyl (C=O) groups excluding carboxylic acids is 1. The van der Waals surface area contributed by atoms with E-state index in [1.165, 1.54) is 12.1 Å². The molecule has 128 valence electrons. The second kappa shape index (κ2) is 7.36. The molecule has 1 heterocycles. The molecule has 4 nitrogen and oxygen atoms in total.